The lowest BCUT2D eigenvalue weighted by molar-refractivity contribution is -0.143. The Labute approximate surface area is 178 Å². The molecule has 1 N–H and O–H groups in total. The lowest BCUT2D eigenvalue weighted by Crippen LogP contribution is -2.52. The van der Waals surface area contributed by atoms with E-state index in [9.17, 15) is 4.79 Å². The number of aliphatic imine (C=N–C) groups is 1. The fraction of sp³-hybridized carbons (Fsp3) is 0.800. The third-order valence-electron chi connectivity index (χ3n) is 4.81. The summed E-state index contributed by atoms with van der Waals surface area (Å²) in [4.78, 5) is 25.4. The molecule has 1 aliphatic rings. The summed E-state index contributed by atoms with van der Waals surface area (Å²) in [6.45, 7) is 11.9. The maximum Gasteiger partial charge on any atom is 0.305 e. The number of rotatable bonds is 11. The van der Waals surface area contributed by atoms with Crippen LogP contribution in [0.3, 0.4) is 0 Å². The molecule has 1 fully saturated rings. The SMILES string of the molecule is CCNC(=NCCCCCCC(=O)OCC)N1CCN(c2nc(CC)ns2)CC1. The number of carbonyl (C=O) groups is 1. The molecule has 8 nitrogen and oxygen atoms in total. The van der Waals surface area contributed by atoms with E-state index in [1.54, 1.807) is 0 Å². The number of carbonyl (C=O) groups excluding carboxylic acids is 1. The summed E-state index contributed by atoms with van der Waals surface area (Å²) in [5.41, 5.74) is 0. The summed E-state index contributed by atoms with van der Waals surface area (Å²) in [6.07, 6.45) is 5.49. The van der Waals surface area contributed by atoms with Crippen molar-refractivity contribution in [3.05, 3.63) is 5.82 Å². The fourth-order valence-electron chi connectivity index (χ4n) is 3.20. The Bertz CT molecular complexity index is 628. The van der Waals surface area contributed by atoms with Gasteiger partial charge in [-0.05, 0) is 26.7 Å². The van der Waals surface area contributed by atoms with E-state index >= 15 is 0 Å². The quantitative estimate of drug-likeness (QED) is 0.253. The molecule has 0 aliphatic carbocycles. The van der Waals surface area contributed by atoms with Crippen LogP contribution in [-0.4, -0.2) is 72.1 Å². The van der Waals surface area contributed by atoms with E-state index in [-0.39, 0.29) is 5.97 Å². The Hall–Kier alpha value is -1.90. The monoisotopic (exact) mass is 424 g/mol. The molecule has 0 aromatic carbocycles. The molecule has 2 rings (SSSR count). The van der Waals surface area contributed by atoms with Gasteiger partial charge in [-0.1, -0.05) is 19.8 Å². The number of esters is 1. The standard InChI is InChI=1S/C20H36N6O2S/c1-4-17-23-20(29-24-17)26-15-13-25(14-16-26)19(21-5-2)22-12-10-8-7-9-11-18(27)28-6-3/h4-16H2,1-3H3,(H,21,22). The molecule has 2 heterocycles. The molecule has 29 heavy (non-hydrogen) atoms. The molecule has 1 aromatic rings. The molecule has 0 bridgehead atoms. The van der Waals surface area contributed by atoms with Gasteiger partial charge in [-0.2, -0.15) is 4.37 Å². The molecule has 1 saturated heterocycles. The second-order valence-corrected chi connectivity index (χ2v) is 7.76. The molecule has 0 saturated carbocycles. The zero-order valence-corrected chi connectivity index (χ0v) is 19.0. The lowest BCUT2D eigenvalue weighted by atomic mass is 10.1. The van der Waals surface area contributed by atoms with Crippen LogP contribution in [0.25, 0.3) is 0 Å². The predicted octanol–water partition coefficient (Wildman–Crippen LogP) is 2.70. The molecule has 0 spiro atoms. The van der Waals surface area contributed by atoms with E-state index in [0.29, 0.717) is 13.0 Å². The topological polar surface area (TPSA) is 83.0 Å². The van der Waals surface area contributed by atoms with Crippen LogP contribution >= 0.6 is 11.5 Å². The van der Waals surface area contributed by atoms with E-state index in [2.05, 4.69) is 38.3 Å². The molecule has 164 valence electrons. The minimum Gasteiger partial charge on any atom is -0.466 e. The van der Waals surface area contributed by atoms with E-state index in [1.165, 1.54) is 11.5 Å². The molecule has 1 aromatic heterocycles. The van der Waals surface area contributed by atoms with E-state index in [0.717, 1.165) is 88.3 Å². The van der Waals surface area contributed by atoms with Crippen molar-refractivity contribution in [3.8, 4) is 0 Å². The van der Waals surface area contributed by atoms with Crippen LogP contribution in [0.1, 0.15) is 58.7 Å². The van der Waals surface area contributed by atoms with Crippen LogP contribution in [0.15, 0.2) is 4.99 Å². The summed E-state index contributed by atoms with van der Waals surface area (Å²) >= 11 is 1.50. The highest BCUT2D eigenvalue weighted by Crippen LogP contribution is 2.19. The second kappa shape index (κ2) is 13.3. The summed E-state index contributed by atoms with van der Waals surface area (Å²) in [5, 5.41) is 4.46. The predicted molar refractivity (Wildman–Crippen MR) is 119 cm³/mol. The minimum atomic E-state index is -0.0847. The van der Waals surface area contributed by atoms with Crippen molar-refractivity contribution in [1.29, 1.82) is 0 Å². The van der Waals surface area contributed by atoms with Crippen molar-refractivity contribution >= 4 is 28.6 Å². The van der Waals surface area contributed by atoms with Gasteiger partial charge < -0.3 is 19.9 Å². The first kappa shape index (κ1) is 23.4. The van der Waals surface area contributed by atoms with Crippen molar-refractivity contribution in [2.75, 3.05) is 50.8 Å². The average Bonchev–Trinajstić information content (AvgIpc) is 3.22. The second-order valence-electron chi connectivity index (χ2n) is 7.03. The number of guanidine groups is 1. The van der Waals surface area contributed by atoms with Gasteiger partial charge in [-0.15, -0.1) is 0 Å². The molecular weight excluding hydrogens is 388 g/mol. The maximum atomic E-state index is 11.3. The van der Waals surface area contributed by atoms with Gasteiger partial charge in [0.05, 0.1) is 6.61 Å². The third kappa shape index (κ3) is 8.16. The zero-order valence-electron chi connectivity index (χ0n) is 18.2. The van der Waals surface area contributed by atoms with Gasteiger partial charge >= 0.3 is 5.97 Å². The fourth-order valence-corrected chi connectivity index (χ4v) is 4.01. The van der Waals surface area contributed by atoms with Crippen LogP contribution in [-0.2, 0) is 16.0 Å². The van der Waals surface area contributed by atoms with Gasteiger partial charge in [-0.25, -0.2) is 4.98 Å². The number of aryl methyl sites for hydroxylation is 1. The highest BCUT2D eigenvalue weighted by molar-refractivity contribution is 7.09. The van der Waals surface area contributed by atoms with Crippen molar-refractivity contribution in [2.45, 2.75) is 59.3 Å². The Kier molecular flexibility index (Phi) is 10.8. The smallest absolute Gasteiger partial charge is 0.305 e. The summed E-state index contributed by atoms with van der Waals surface area (Å²) in [7, 11) is 0. The van der Waals surface area contributed by atoms with Crippen molar-refractivity contribution in [1.82, 2.24) is 19.6 Å². The van der Waals surface area contributed by atoms with Crippen LogP contribution in [0, 0.1) is 0 Å². The van der Waals surface area contributed by atoms with Gasteiger partial charge in [0.1, 0.15) is 5.82 Å². The Balaban J connectivity index is 1.70. The highest BCUT2D eigenvalue weighted by Gasteiger charge is 2.21. The maximum absolute atomic E-state index is 11.3. The van der Waals surface area contributed by atoms with Crippen LogP contribution in [0.5, 0.6) is 0 Å². The molecule has 1 aliphatic heterocycles. The van der Waals surface area contributed by atoms with Crippen molar-refractivity contribution in [2.24, 2.45) is 4.99 Å². The summed E-state index contributed by atoms with van der Waals surface area (Å²) in [6, 6.07) is 0. The van der Waals surface area contributed by atoms with Gasteiger partial charge in [0.2, 0.25) is 5.13 Å². The zero-order chi connectivity index (χ0) is 20.9. The van der Waals surface area contributed by atoms with E-state index in [1.807, 2.05) is 6.92 Å². The van der Waals surface area contributed by atoms with Crippen molar-refractivity contribution < 1.29 is 9.53 Å². The summed E-state index contributed by atoms with van der Waals surface area (Å²) in [5.74, 6) is 1.85. The van der Waals surface area contributed by atoms with Crippen LogP contribution in [0.4, 0.5) is 5.13 Å². The van der Waals surface area contributed by atoms with Crippen LogP contribution < -0.4 is 10.2 Å². The number of hydrogen-bond acceptors (Lipinski definition) is 7. The highest BCUT2D eigenvalue weighted by atomic mass is 32.1. The summed E-state index contributed by atoms with van der Waals surface area (Å²) < 4.78 is 9.35. The number of hydrogen-bond donors (Lipinski definition) is 1. The number of anilines is 1. The van der Waals surface area contributed by atoms with Gasteiger partial charge in [-0.3, -0.25) is 9.79 Å². The molecule has 0 unspecified atom stereocenters. The Morgan fingerprint density at radius 3 is 2.55 bits per heavy atom. The normalized spacial score (nSPS) is 14.9. The first-order valence-electron chi connectivity index (χ1n) is 10.9. The largest absolute Gasteiger partial charge is 0.466 e. The first-order chi connectivity index (χ1) is 14.2. The van der Waals surface area contributed by atoms with Crippen molar-refractivity contribution in [3.63, 3.8) is 0 Å². The molecule has 0 amide bonds. The third-order valence-corrected chi connectivity index (χ3v) is 5.63. The molecule has 0 radical (unpaired) electrons. The Morgan fingerprint density at radius 1 is 1.14 bits per heavy atom. The lowest BCUT2D eigenvalue weighted by Gasteiger charge is -2.36. The van der Waals surface area contributed by atoms with Gasteiger partial charge in [0.25, 0.3) is 0 Å². The van der Waals surface area contributed by atoms with E-state index in [4.69, 9.17) is 9.73 Å². The van der Waals surface area contributed by atoms with Gasteiger partial charge in [0, 0.05) is 63.6 Å². The van der Waals surface area contributed by atoms with E-state index < -0.39 is 0 Å². The number of nitrogens with one attached hydrogen (secondary N) is 1. The minimum absolute atomic E-state index is 0.0847. The first-order valence-corrected chi connectivity index (χ1v) is 11.7. The van der Waals surface area contributed by atoms with Gasteiger partial charge in [0.15, 0.2) is 5.96 Å². The Morgan fingerprint density at radius 2 is 1.90 bits per heavy atom. The number of piperazine rings is 1. The number of ether oxygens (including phenoxy) is 1. The molecule has 0 atom stereocenters. The molecule has 9 heteroatoms. The average molecular weight is 425 g/mol. The molecular formula is C20H36N6O2S. The van der Waals surface area contributed by atoms with Crippen LogP contribution in [0.2, 0.25) is 0 Å². The number of aromatic nitrogens is 2. The number of nitrogens with zero attached hydrogens (tertiary/aromatic N) is 5. The number of unbranched alkanes of at least 4 members (excludes halogenated alkanes) is 3.